The summed E-state index contributed by atoms with van der Waals surface area (Å²) < 4.78 is 12.2. The molecule has 202 valence electrons. The first-order chi connectivity index (χ1) is 18.8. The Kier molecular flexibility index (Phi) is 7.05. The van der Waals surface area contributed by atoms with Gasteiger partial charge in [0.05, 0.1) is 18.3 Å². The second-order valence-corrected chi connectivity index (χ2v) is 9.50. The minimum atomic E-state index is -0.479. The number of aryl methyl sites for hydroxylation is 2. The van der Waals surface area contributed by atoms with Crippen molar-refractivity contribution in [3.63, 3.8) is 0 Å². The highest BCUT2D eigenvalue weighted by Gasteiger charge is 2.28. The van der Waals surface area contributed by atoms with Gasteiger partial charge in [-0.3, -0.25) is 14.2 Å². The average Bonchev–Trinajstić information content (AvgIpc) is 3.26. The Hall–Kier alpha value is -4.67. The summed E-state index contributed by atoms with van der Waals surface area (Å²) in [7, 11) is 4.92. The molecule has 0 aliphatic carbocycles. The maximum absolute atomic E-state index is 13.5. The first kappa shape index (κ1) is 26.0. The molecule has 11 nitrogen and oxygen atoms in total. The number of hydrogen-bond acceptors (Lipinski definition) is 9. The van der Waals surface area contributed by atoms with Crippen LogP contribution in [0.1, 0.15) is 34.3 Å². The molecule has 4 aromatic rings. The molecule has 39 heavy (non-hydrogen) atoms. The monoisotopic (exact) mass is 530 g/mol. The molecule has 5 rings (SSSR count). The molecule has 0 unspecified atom stereocenters. The summed E-state index contributed by atoms with van der Waals surface area (Å²) in [5.41, 5.74) is 3.35. The third-order valence-electron chi connectivity index (χ3n) is 7.19. The van der Waals surface area contributed by atoms with E-state index in [9.17, 15) is 14.4 Å². The van der Waals surface area contributed by atoms with Crippen LogP contribution < -0.4 is 25.6 Å². The first-order valence-corrected chi connectivity index (χ1v) is 12.7. The number of piperidine rings is 1. The molecule has 1 aliphatic rings. The molecule has 4 heterocycles. The van der Waals surface area contributed by atoms with E-state index in [0.29, 0.717) is 65.7 Å². The number of amides is 1. The highest BCUT2D eigenvalue weighted by Crippen LogP contribution is 2.30. The van der Waals surface area contributed by atoms with Gasteiger partial charge in [-0.15, -0.1) is 0 Å². The fourth-order valence-electron chi connectivity index (χ4n) is 5.21. The fraction of sp³-hybridized carbons (Fsp3) is 0.321. The van der Waals surface area contributed by atoms with Crippen LogP contribution >= 0.6 is 0 Å². The van der Waals surface area contributed by atoms with Crippen molar-refractivity contribution in [2.45, 2.75) is 25.8 Å². The number of benzene rings is 1. The number of ether oxygens (including phenoxy) is 1. The van der Waals surface area contributed by atoms with Crippen molar-refractivity contribution < 1.29 is 18.7 Å². The van der Waals surface area contributed by atoms with Gasteiger partial charge in [0.15, 0.2) is 11.4 Å². The minimum absolute atomic E-state index is 0.00279. The van der Waals surface area contributed by atoms with Gasteiger partial charge in [-0.25, -0.2) is 9.78 Å². The van der Waals surface area contributed by atoms with E-state index >= 15 is 0 Å². The number of methoxy groups -OCH3 is 1. The van der Waals surface area contributed by atoms with E-state index < -0.39 is 5.76 Å². The van der Waals surface area contributed by atoms with E-state index in [1.807, 2.05) is 19.1 Å². The van der Waals surface area contributed by atoms with E-state index in [1.54, 1.807) is 49.5 Å². The lowest BCUT2D eigenvalue weighted by molar-refractivity contribution is -0.108. The lowest BCUT2D eigenvalue weighted by atomic mass is 10.00. The number of fused-ring (bicyclic) bond motifs is 1. The van der Waals surface area contributed by atoms with Gasteiger partial charge < -0.3 is 24.3 Å². The lowest BCUT2D eigenvalue weighted by Gasteiger charge is -2.37. The van der Waals surface area contributed by atoms with Gasteiger partial charge >= 0.3 is 5.76 Å². The second kappa shape index (κ2) is 10.6. The molecule has 1 aromatic carbocycles. The van der Waals surface area contributed by atoms with Crippen LogP contribution in [0.3, 0.4) is 0 Å². The number of nitrogens with one attached hydrogen (secondary N) is 1. The van der Waals surface area contributed by atoms with Crippen LogP contribution in [-0.2, 0) is 11.8 Å². The van der Waals surface area contributed by atoms with Gasteiger partial charge in [-0.2, -0.15) is 4.98 Å². The molecule has 0 atom stereocenters. The molecular weight excluding hydrogens is 500 g/mol. The van der Waals surface area contributed by atoms with E-state index in [0.717, 1.165) is 17.7 Å². The maximum Gasteiger partial charge on any atom is 0.419 e. The Morgan fingerprint density at radius 1 is 1.21 bits per heavy atom. The standard InChI is InChI=1S/C28H30N6O5/c1-17-12-18(13-22-25(17)32(3)28(37)39-22)26(36)19-14-23(31-24(15-19)38-4)33-10-7-20(8-11-33)34(16-35)21-6-5-9-30-27(21)29-2/h5-6,9,12-16,20H,7-8,10-11H2,1-4H3,(H,29,30). The SMILES string of the molecule is CNc1ncccc1N(C=O)C1CCN(c2cc(C(=O)c3cc(C)c4c(c3)oc(=O)n4C)cc(OC)n2)CC1. The van der Waals surface area contributed by atoms with Crippen molar-refractivity contribution in [3.8, 4) is 5.88 Å². The average molecular weight is 531 g/mol. The number of carbonyl (C=O) groups excluding carboxylic acids is 2. The number of hydrogen-bond donors (Lipinski definition) is 1. The Labute approximate surface area is 225 Å². The van der Waals surface area contributed by atoms with Crippen LogP contribution in [0.25, 0.3) is 11.1 Å². The molecule has 0 spiro atoms. The summed E-state index contributed by atoms with van der Waals surface area (Å²) >= 11 is 0. The Morgan fingerprint density at radius 3 is 2.64 bits per heavy atom. The molecule has 1 aliphatic heterocycles. The predicted octanol–water partition coefficient (Wildman–Crippen LogP) is 3.14. The van der Waals surface area contributed by atoms with Gasteiger partial charge in [-0.1, -0.05) is 0 Å². The molecule has 1 N–H and O–H groups in total. The van der Waals surface area contributed by atoms with Gasteiger partial charge in [0.2, 0.25) is 12.3 Å². The number of oxazole rings is 1. The third-order valence-corrected chi connectivity index (χ3v) is 7.19. The number of nitrogens with zero attached hydrogens (tertiary/aromatic N) is 5. The summed E-state index contributed by atoms with van der Waals surface area (Å²) in [6.07, 6.45) is 3.96. The van der Waals surface area contributed by atoms with Gasteiger partial charge in [-0.05, 0) is 55.7 Å². The van der Waals surface area contributed by atoms with Gasteiger partial charge in [0.1, 0.15) is 11.6 Å². The number of anilines is 3. The van der Waals surface area contributed by atoms with Crippen LogP contribution in [0.2, 0.25) is 0 Å². The summed E-state index contributed by atoms with van der Waals surface area (Å²) in [6, 6.07) is 10.4. The quantitative estimate of drug-likeness (QED) is 0.270. The van der Waals surface area contributed by atoms with Crippen LogP contribution in [0, 0.1) is 6.92 Å². The maximum atomic E-state index is 13.5. The summed E-state index contributed by atoms with van der Waals surface area (Å²) in [6.45, 7) is 3.11. The normalized spacial score (nSPS) is 13.9. The van der Waals surface area contributed by atoms with Crippen LogP contribution in [-0.4, -0.2) is 60.0 Å². The van der Waals surface area contributed by atoms with E-state index in [-0.39, 0.29) is 11.8 Å². The summed E-state index contributed by atoms with van der Waals surface area (Å²) in [4.78, 5) is 50.3. The third kappa shape index (κ3) is 4.83. The number of carbonyl (C=O) groups is 2. The number of rotatable bonds is 8. The highest BCUT2D eigenvalue weighted by molar-refractivity contribution is 6.11. The Bertz CT molecular complexity index is 1600. The molecule has 11 heteroatoms. The fourth-order valence-corrected chi connectivity index (χ4v) is 5.21. The summed E-state index contributed by atoms with van der Waals surface area (Å²) in [5, 5.41) is 3.04. The molecule has 1 saturated heterocycles. The van der Waals surface area contributed by atoms with E-state index in [4.69, 9.17) is 9.15 Å². The minimum Gasteiger partial charge on any atom is -0.481 e. The van der Waals surface area contributed by atoms with Crippen molar-refractivity contribution >= 4 is 40.6 Å². The Morgan fingerprint density at radius 2 is 1.95 bits per heavy atom. The number of pyridine rings is 2. The number of aromatic nitrogens is 3. The van der Waals surface area contributed by atoms with Gasteiger partial charge in [0, 0.05) is 56.6 Å². The van der Waals surface area contributed by atoms with Crippen LogP contribution in [0.15, 0.2) is 51.8 Å². The lowest BCUT2D eigenvalue weighted by Crippen LogP contribution is -2.45. The van der Waals surface area contributed by atoms with Crippen molar-refractivity contribution in [3.05, 3.63) is 69.8 Å². The molecule has 0 radical (unpaired) electrons. The predicted molar refractivity (Wildman–Crippen MR) is 148 cm³/mol. The highest BCUT2D eigenvalue weighted by atomic mass is 16.5. The molecule has 0 bridgehead atoms. The van der Waals surface area contributed by atoms with Crippen LogP contribution in [0.4, 0.5) is 17.3 Å². The van der Waals surface area contributed by atoms with Crippen molar-refractivity contribution in [1.29, 1.82) is 0 Å². The second-order valence-electron chi connectivity index (χ2n) is 9.50. The smallest absolute Gasteiger partial charge is 0.419 e. The zero-order chi connectivity index (χ0) is 27.7. The molecule has 0 saturated carbocycles. The van der Waals surface area contributed by atoms with E-state index in [2.05, 4.69) is 20.2 Å². The molecule has 1 fully saturated rings. The zero-order valence-corrected chi connectivity index (χ0v) is 22.3. The topological polar surface area (TPSA) is 123 Å². The number of ketones is 1. The summed E-state index contributed by atoms with van der Waals surface area (Å²) in [5.74, 6) is 0.882. The molecular formula is C28H30N6O5. The Balaban J connectivity index is 1.39. The van der Waals surface area contributed by atoms with E-state index in [1.165, 1.54) is 11.7 Å². The van der Waals surface area contributed by atoms with Gasteiger partial charge in [0.25, 0.3) is 0 Å². The molecule has 3 aromatic heterocycles. The largest absolute Gasteiger partial charge is 0.481 e. The van der Waals surface area contributed by atoms with Crippen molar-refractivity contribution in [2.75, 3.05) is 42.4 Å². The molecule has 1 amide bonds. The zero-order valence-electron chi connectivity index (χ0n) is 22.3. The van der Waals surface area contributed by atoms with Crippen LogP contribution in [0.5, 0.6) is 5.88 Å². The van der Waals surface area contributed by atoms with Crippen molar-refractivity contribution in [1.82, 2.24) is 14.5 Å². The van der Waals surface area contributed by atoms with Crippen molar-refractivity contribution in [2.24, 2.45) is 7.05 Å². The first-order valence-electron chi connectivity index (χ1n) is 12.7.